The van der Waals surface area contributed by atoms with Crippen LogP contribution in [0.25, 0.3) is 6.08 Å². The van der Waals surface area contributed by atoms with E-state index in [0.717, 1.165) is 16.7 Å². The van der Waals surface area contributed by atoms with Crippen LogP contribution in [0.15, 0.2) is 42.5 Å². The minimum atomic E-state index is -0.134. The third kappa shape index (κ3) is 5.71. The molecule has 0 bridgehead atoms. The number of hydrogen-bond donors (Lipinski definition) is 0. The summed E-state index contributed by atoms with van der Waals surface area (Å²) in [5.41, 5.74) is 3.72. The van der Waals surface area contributed by atoms with Crippen LogP contribution in [0.4, 0.5) is 0 Å². The lowest BCUT2D eigenvalue weighted by molar-refractivity contribution is -0.130. The van der Waals surface area contributed by atoms with Crippen molar-refractivity contribution in [3.8, 4) is 11.5 Å². The van der Waals surface area contributed by atoms with Crippen LogP contribution >= 0.6 is 0 Å². The van der Waals surface area contributed by atoms with Crippen LogP contribution in [0.1, 0.15) is 34.0 Å². The first-order valence-electron chi connectivity index (χ1n) is 9.21. The quantitative estimate of drug-likeness (QED) is 0.511. The van der Waals surface area contributed by atoms with Crippen molar-refractivity contribution in [3.05, 3.63) is 64.7 Å². The van der Waals surface area contributed by atoms with Gasteiger partial charge < -0.3 is 14.4 Å². The second kappa shape index (κ2) is 9.74. The van der Waals surface area contributed by atoms with Crippen molar-refractivity contribution in [1.29, 1.82) is 0 Å². The molecule has 0 saturated carbocycles. The maximum atomic E-state index is 12.4. The molecule has 2 aromatic rings. The number of hydrogen-bond acceptors (Lipinski definition) is 4. The van der Waals surface area contributed by atoms with Gasteiger partial charge in [0.2, 0.25) is 0 Å². The molecule has 0 aromatic heterocycles. The zero-order chi connectivity index (χ0) is 20.7. The van der Waals surface area contributed by atoms with Crippen LogP contribution in [0.3, 0.4) is 0 Å². The molecule has 28 heavy (non-hydrogen) atoms. The monoisotopic (exact) mass is 381 g/mol. The van der Waals surface area contributed by atoms with E-state index in [1.165, 1.54) is 4.90 Å². The van der Waals surface area contributed by atoms with Gasteiger partial charge in [-0.25, -0.2) is 0 Å². The lowest BCUT2D eigenvalue weighted by atomic mass is 10.0. The predicted octanol–water partition coefficient (Wildman–Crippen LogP) is 4.07. The van der Waals surface area contributed by atoms with Gasteiger partial charge in [0, 0.05) is 19.7 Å². The summed E-state index contributed by atoms with van der Waals surface area (Å²) >= 11 is 0. The molecule has 0 spiro atoms. The lowest BCUT2D eigenvalue weighted by Crippen LogP contribution is -2.27. The topological polar surface area (TPSA) is 55.8 Å². The minimum Gasteiger partial charge on any atom is -0.490 e. The Morgan fingerprint density at radius 1 is 0.964 bits per heavy atom. The SMILES string of the molecule is CCOc1cc(/C=C/C(=O)c2ccc(C)c(C)c2)ccc1OCC(=O)N(C)C. The number of likely N-dealkylation sites (N-methyl/N-ethyl adjacent to an activating group) is 1. The van der Waals surface area contributed by atoms with Gasteiger partial charge in [0.05, 0.1) is 6.61 Å². The third-order valence-electron chi connectivity index (χ3n) is 4.34. The Bertz CT molecular complexity index is 884. The molecule has 148 valence electrons. The Kier molecular flexibility index (Phi) is 7.38. The first-order valence-corrected chi connectivity index (χ1v) is 9.21. The maximum Gasteiger partial charge on any atom is 0.259 e. The van der Waals surface area contributed by atoms with Crippen LogP contribution in [0.5, 0.6) is 11.5 Å². The van der Waals surface area contributed by atoms with E-state index in [1.807, 2.05) is 45.0 Å². The van der Waals surface area contributed by atoms with E-state index in [4.69, 9.17) is 9.47 Å². The molecule has 0 aliphatic rings. The highest BCUT2D eigenvalue weighted by atomic mass is 16.5. The number of rotatable bonds is 8. The number of benzene rings is 2. The number of amides is 1. The van der Waals surface area contributed by atoms with Gasteiger partial charge in [-0.05, 0) is 61.7 Å². The van der Waals surface area contributed by atoms with E-state index in [1.54, 1.807) is 38.4 Å². The van der Waals surface area contributed by atoms with E-state index >= 15 is 0 Å². The van der Waals surface area contributed by atoms with Crippen LogP contribution in [-0.4, -0.2) is 43.9 Å². The molecule has 2 rings (SSSR count). The number of ether oxygens (including phenoxy) is 2. The molecule has 2 aromatic carbocycles. The van der Waals surface area contributed by atoms with E-state index in [-0.39, 0.29) is 18.3 Å². The van der Waals surface area contributed by atoms with Gasteiger partial charge >= 0.3 is 0 Å². The molecule has 0 atom stereocenters. The fourth-order valence-electron chi connectivity index (χ4n) is 2.45. The molecule has 0 saturated heterocycles. The summed E-state index contributed by atoms with van der Waals surface area (Å²) in [6, 6.07) is 11.0. The van der Waals surface area contributed by atoms with Gasteiger partial charge in [-0.15, -0.1) is 0 Å². The standard InChI is InChI=1S/C23H27NO4/c1-6-27-22-14-18(9-12-21(22)28-15-23(26)24(4)5)8-11-20(25)19-10-7-16(2)17(3)13-19/h7-14H,6,15H2,1-5H3/b11-8+. The molecule has 5 heteroatoms. The van der Waals surface area contributed by atoms with Gasteiger partial charge in [0.15, 0.2) is 23.9 Å². The van der Waals surface area contributed by atoms with Gasteiger partial charge in [-0.3, -0.25) is 9.59 Å². The van der Waals surface area contributed by atoms with Crippen LogP contribution in [0, 0.1) is 13.8 Å². The third-order valence-corrected chi connectivity index (χ3v) is 4.34. The number of ketones is 1. The molecule has 0 radical (unpaired) electrons. The molecule has 0 N–H and O–H groups in total. The van der Waals surface area contributed by atoms with E-state index in [2.05, 4.69) is 0 Å². The highest BCUT2D eigenvalue weighted by molar-refractivity contribution is 6.07. The predicted molar refractivity (Wildman–Crippen MR) is 111 cm³/mol. The zero-order valence-corrected chi connectivity index (χ0v) is 17.1. The first-order chi connectivity index (χ1) is 13.3. The molecule has 5 nitrogen and oxygen atoms in total. The van der Waals surface area contributed by atoms with E-state index in [0.29, 0.717) is 23.7 Å². The number of nitrogens with zero attached hydrogens (tertiary/aromatic N) is 1. The molecule has 0 fully saturated rings. The minimum absolute atomic E-state index is 0.0574. The van der Waals surface area contributed by atoms with Crippen molar-refractivity contribution in [2.75, 3.05) is 27.3 Å². The van der Waals surface area contributed by atoms with Gasteiger partial charge in [-0.2, -0.15) is 0 Å². The summed E-state index contributed by atoms with van der Waals surface area (Å²) in [5, 5.41) is 0. The van der Waals surface area contributed by atoms with Crippen molar-refractivity contribution in [2.24, 2.45) is 0 Å². The molecular formula is C23H27NO4. The molecule has 0 unspecified atom stereocenters. The van der Waals surface area contributed by atoms with Crippen LogP contribution < -0.4 is 9.47 Å². The Hall–Kier alpha value is -3.08. The summed E-state index contributed by atoms with van der Waals surface area (Å²) in [7, 11) is 3.35. The first kappa shape index (κ1) is 21.2. The molecule has 1 amide bonds. The van der Waals surface area contributed by atoms with Crippen molar-refractivity contribution in [3.63, 3.8) is 0 Å². The molecule has 0 aliphatic heterocycles. The fourth-order valence-corrected chi connectivity index (χ4v) is 2.45. The largest absolute Gasteiger partial charge is 0.490 e. The Morgan fingerprint density at radius 3 is 2.36 bits per heavy atom. The number of carbonyl (C=O) groups is 2. The van der Waals surface area contributed by atoms with Crippen LogP contribution in [-0.2, 0) is 4.79 Å². The highest BCUT2D eigenvalue weighted by Gasteiger charge is 2.10. The average molecular weight is 381 g/mol. The summed E-state index contributed by atoms with van der Waals surface area (Å²) in [6.45, 7) is 6.29. The average Bonchev–Trinajstić information content (AvgIpc) is 2.67. The Balaban J connectivity index is 2.15. The normalized spacial score (nSPS) is 10.8. The number of aryl methyl sites for hydroxylation is 2. The summed E-state index contributed by atoms with van der Waals surface area (Å²) in [6.07, 6.45) is 3.29. The maximum absolute atomic E-state index is 12.4. The lowest BCUT2D eigenvalue weighted by Gasteiger charge is -2.14. The van der Waals surface area contributed by atoms with Crippen molar-refractivity contribution in [1.82, 2.24) is 4.90 Å². The Morgan fingerprint density at radius 2 is 1.71 bits per heavy atom. The van der Waals surface area contributed by atoms with E-state index in [9.17, 15) is 9.59 Å². The smallest absolute Gasteiger partial charge is 0.259 e. The second-order valence-corrected chi connectivity index (χ2v) is 6.71. The molecular weight excluding hydrogens is 354 g/mol. The van der Waals surface area contributed by atoms with Crippen molar-refractivity contribution in [2.45, 2.75) is 20.8 Å². The Labute approximate surface area is 166 Å². The zero-order valence-electron chi connectivity index (χ0n) is 17.1. The van der Waals surface area contributed by atoms with Crippen LogP contribution in [0.2, 0.25) is 0 Å². The molecule has 0 heterocycles. The number of allylic oxidation sites excluding steroid dienone is 1. The van der Waals surface area contributed by atoms with Gasteiger partial charge in [0.1, 0.15) is 0 Å². The van der Waals surface area contributed by atoms with Crippen molar-refractivity contribution < 1.29 is 19.1 Å². The molecule has 0 aliphatic carbocycles. The van der Waals surface area contributed by atoms with Gasteiger partial charge in [0.25, 0.3) is 5.91 Å². The van der Waals surface area contributed by atoms with Crippen molar-refractivity contribution >= 4 is 17.8 Å². The summed E-state index contributed by atoms with van der Waals surface area (Å²) in [5.74, 6) is 0.841. The highest BCUT2D eigenvalue weighted by Crippen LogP contribution is 2.29. The summed E-state index contributed by atoms with van der Waals surface area (Å²) < 4.78 is 11.2. The second-order valence-electron chi connectivity index (χ2n) is 6.71. The number of carbonyl (C=O) groups excluding carboxylic acids is 2. The fraction of sp³-hybridized carbons (Fsp3) is 0.304. The summed E-state index contributed by atoms with van der Waals surface area (Å²) in [4.78, 5) is 25.6. The van der Waals surface area contributed by atoms with E-state index < -0.39 is 0 Å². The van der Waals surface area contributed by atoms with Gasteiger partial charge in [-0.1, -0.05) is 24.3 Å².